The van der Waals surface area contributed by atoms with E-state index in [9.17, 15) is 24.3 Å². The highest BCUT2D eigenvalue weighted by molar-refractivity contribution is 5.94. The molecule has 0 saturated heterocycles. The molecule has 3 aromatic carbocycles. The molecule has 0 aliphatic carbocycles. The zero-order valence-corrected chi connectivity index (χ0v) is 23.8. The fourth-order valence-electron chi connectivity index (χ4n) is 5.11. The number of hydrogen-bond acceptors (Lipinski definition) is 6. The van der Waals surface area contributed by atoms with Crippen molar-refractivity contribution in [3.05, 3.63) is 108 Å². The average molecular weight is 596 g/mol. The van der Waals surface area contributed by atoms with E-state index in [1.165, 1.54) is 0 Å². The number of esters is 1. The number of aromatic nitrogens is 2. The van der Waals surface area contributed by atoms with Crippen LogP contribution < -0.4 is 16.4 Å². The van der Waals surface area contributed by atoms with Crippen LogP contribution in [0.4, 0.5) is 0 Å². The zero-order valence-electron chi connectivity index (χ0n) is 23.8. The minimum absolute atomic E-state index is 0.0558. The molecule has 11 nitrogen and oxygen atoms in total. The van der Waals surface area contributed by atoms with Crippen molar-refractivity contribution in [3.8, 4) is 0 Å². The van der Waals surface area contributed by atoms with Crippen molar-refractivity contribution in [1.82, 2.24) is 20.6 Å². The predicted molar refractivity (Wildman–Crippen MR) is 164 cm³/mol. The summed E-state index contributed by atoms with van der Waals surface area (Å²) in [5.41, 5.74) is 10.4. The van der Waals surface area contributed by atoms with Gasteiger partial charge in [0.15, 0.2) is 0 Å². The van der Waals surface area contributed by atoms with Crippen LogP contribution in [0.25, 0.3) is 21.8 Å². The second kappa shape index (κ2) is 13.7. The number of benzene rings is 3. The van der Waals surface area contributed by atoms with E-state index in [1.807, 2.05) is 54.6 Å². The van der Waals surface area contributed by atoms with E-state index in [2.05, 4.69) is 20.6 Å². The minimum Gasteiger partial charge on any atom is -0.481 e. The minimum atomic E-state index is -1.48. The first kappa shape index (κ1) is 30.1. The van der Waals surface area contributed by atoms with Gasteiger partial charge in [-0.1, -0.05) is 66.7 Å². The van der Waals surface area contributed by atoms with Crippen LogP contribution in [0, 0.1) is 0 Å². The second-order valence-corrected chi connectivity index (χ2v) is 10.5. The number of H-pyrrole nitrogens is 2. The first-order valence-electron chi connectivity index (χ1n) is 14.2. The van der Waals surface area contributed by atoms with E-state index in [4.69, 9.17) is 10.5 Å². The molecule has 0 radical (unpaired) electrons. The predicted octanol–water partition coefficient (Wildman–Crippen LogP) is 2.95. The molecule has 0 unspecified atom stereocenters. The highest BCUT2D eigenvalue weighted by Crippen LogP contribution is 2.21. The van der Waals surface area contributed by atoms with Crippen molar-refractivity contribution in [2.75, 3.05) is 0 Å². The summed E-state index contributed by atoms with van der Waals surface area (Å²) in [6, 6.07) is 20.4. The Hall–Kier alpha value is -5.42. The Balaban J connectivity index is 1.33. The van der Waals surface area contributed by atoms with Crippen molar-refractivity contribution >= 4 is 45.6 Å². The van der Waals surface area contributed by atoms with E-state index in [1.54, 1.807) is 36.7 Å². The number of ether oxygens (including phenoxy) is 1. The van der Waals surface area contributed by atoms with Crippen LogP contribution in [-0.4, -0.2) is 57.0 Å². The number of aliphatic carboxylic acids is 1. The van der Waals surface area contributed by atoms with Crippen LogP contribution in [0.5, 0.6) is 0 Å². The first-order valence-corrected chi connectivity index (χ1v) is 14.2. The highest BCUT2D eigenvalue weighted by atomic mass is 16.5. The molecule has 0 fully saturated rings. The molecule has 5 aromatic rings. The van der Waals surface area contributed by atoms with Gasteiger partial charge in [-0.3, -0.25) is 14.4 Å². The number of aromatic amines is 2. The number of amides is 2. The second-order valence-electron chi connectivity index (χ2n) is 10.5. The van der Waals surface area contributed by atoms with Gasteiger partial charge in [0, 0.05) is 40.6 Å². The lowest BCUT2D eigenvalue weighted by molar-refractivity contribution is -0.153. The van der Waals surface area contributed by atoms with Crippen LogP contribution in [0.3, 0.4) is 0 Å². The Bertz CT molecular complexity index is 1780. The van der Waals surface area contributed by atoms with Crippen LogP contribution in [0.1, 0.15) is 23.1 Å². The third-order valence-electron chi connectivity index (χ3n) is 7.39. The fraction of sp³-hybridized carbons (Fsp3) is 0.212. The summed E-state index contributed by atoms with van der Waals surface area (Å²) in [4.78, 5) is 57.8. The van der Waals surface area contributed by atoms with Gasteiger partial charge in [0.2, 0.25) is 11.8 Å². The van der Waals surface area contributed by atoms with Gasteiger partial charge in [0.25, 0.3) is 0 Å². The molecule has 3 atom stereocenters. The topological polar surface area (TPSA) is 179 Å². The van der Waals surface area contributed by atoms with Gasteiger partial charge in [-0.25, -0.2) is 4.79 Å². The Morgan fingerprint density at radius 2 is 1.27 bits per heavy atom. The van der Waals surface area contributed by atoms with E-state index in [0.29, 0.717) is 5.56 Å². The summed E-state index contributed by atoms with van der Waals surface area (Å²) >= 11 is 0. The monoisotopic (exact) mass is 595 g/mol. The summed E-state index contributed by atoms with van der Waals surface area (Å²) in [6.07, 6.45) is 3.11. The summed E-state index contributed by atoms with van der Waals surface area (Å²) in [5.74, 6) is -3.52. The third kappa shape index (κ3) is 7.31. The van der Waals surface area contributed by atoms with E-state index in [0.717, 1.165) is 32.9 Å². The SMILES string of the molecule is N[C@@H](Cc1c[nH]c2ccccc12)C(=O)N[C@@H](Cc1c[nH]c2ccccc12)C(=O)N[C@@H](CC(=O)O)C(=O)OCc1ccccc1. The number of nitrogens with two attached hydrogens (primary N) is 1. The molecule has 2 amide bonds. The lowest BCUT2D eigenvalue weighted by Crippen LogP contribution is -2.56. The molecule has 44 heavy (non-hydrogen) atoms. The molecular weight excluding hydrogens is 562 g/mol. The van der Waals surface area contributed by atoms with Gasteiger partial charge in [-0.15, -0.1) is 0 Å². The van der Waals surface area contributed by atoms with Gasteiger partial charge in [0.05, 0.1) is 12.5 Å². The summed E-state index contributed by atoms with van der Waals surface area (Å²) < 4.78 is 5.32. The molecule has 0 spiro atoms. The summed E-state index contributed by atoms with van der Waals surface area (Å²) in [6.45, 7) is -0.0934. The normalized spacial score (nSPS) is 13.2. The number of carboxylic acid groups (broad SMARTS) is 1. The number of carboxylic acids is 1. The maximum atomic E-state index is 13.6. The van der Waals surface area contributed by atoms with Crippen LogP contribution in [-0.2, 0) is 43.4 Å². The number of carbonyl (C=O) groups excluding carboxylic acids is 3. The molecule has 5 rings (SSSR count). The van der Waals surface area contributed by atoms with Crippen molar-refractivity contribution in [2.24, 2.45) is 5.73 Å². The lowest BCUT2D eigenvalue weighted by atomic mass is 10.0. The van der Waals surface area contributed by atoms with E-state index < -0.39 is 48.3 Å². The Morgan fingerprint density at radius 3 is 1.89 bits per heavy atom. The molecular formula is C33H33N5O6. The molecule has 0 saturated carbocycles. The van der Waals surface area contributed by atoms with E-state index in [-0.39, 0.29) is 19.4 Å². The zero-order chi connectivity index (χ0) is 31.1. The first-order chi connectivity index (χ1) is 21.3. The average Bonchev–Trinajstić information content (AvgIpc) is 3.63. The van der Waals surface area contributed by atoms with Crippen LogP contribution in [0.2, 0.25) is 0 Å². The van der Waals surface area contributed by atoms with Crippen molar-refractivity contribution in [3.63, 3.8) is 0 Å². The fourth-order valence-corrected chi connectivity index (χ4v) is 5.11. The third-order valence-corrected chi connectivity index (χ3v) is 7.39. The maximum Gasteiger partial charge on any atom is 0.329 e. The van der Waals surface area contributed by atoms with Crippen molar-refractivity contribution in [2.45, 2.75) is 44.0 Å². The van der Waals surface area contributed by atoms with E-state index >= 15 is 0 Å². The molecule has 11 heteroatoms. The van der Waals surface area contributed by atoms with Gasteiger partial charge < -0.3 is 36.2 Å². The molecule has 2 aromatic heterocycles. The summed E-state index contributed by atoms with van der Waals surface area (Å²) in [5, 5.41) is 16.5. The molecule has 226 valence electrons. The number of hydrogen-bond donors (Lipinski definition) is 6. The number of carbonyl (C=O) groups is 4. The number of rotatable bonds is 13. The Morgan fingerprint density at radius 1 is 0.727 bits per heavy atom. The van der Waals surface area contributed by atoms with Gasteiger partial charge >= 0.3 is 11.9 Å². The standard InChI is InChI=1S/C33H33N5O6/c34-25(14-21-17-35-26-12-6-4-10-23(21)26)31(41)37-28(15-22-18-36-27-13-7-5-11-24(22)27)32(42)38-29(16-30(39)40)33(43)44-19-20-8-2-1-3-9-20/h1-13,17-18,25,28-29,35-36H,14-16,19,34H2,(H,37,41)(H,38,42)(H,39,40)/t25-,28-,29-/m0/s1. The number of fused-ring (bicyclic) bond motifs is 2. The Kier molecular flexibility index (Phi) is 9.36. The molecule has 2 heterocycles. The number of nitrogens with one attached hydrogen (secondary N) is 4. The van der Waals surface area contributed by atoms with Crippen molar-refractivity contribution < 1.29 is 29.0 Å². The molecule has 0 aliphatic heterocycles. The van der Waals surface area contributed by atoms with Crippen molar-refractivity contribution in [1.29, 1.82) is 0 Å². The summed E-state index contributed by atoms with van der Waals surface area (Å²) in [7, 11) is 0. The van der Waals surface area contributed by atoms with Gasteiger partial charge in [0.1, 0.15) is 18.7 Å². The van der Waals surface area contributed by atoms with Gasteiger partial charge in [-0.05, 0) is 35.2 Å². The lowest BCUT2D eigenvalue weighted by Gasteiger charge is -2.23. The highest BCUT2D eigenvalue weighted by Gasteiger charge is 2.31. The maximum absolute atomic E-state index is 13.6. The van der Waals surface area contributed by atoms with Crippen LogP contribution in [0.15, 0.2) is 91.3 Å². The molecule has 0 bridgehead atoms. The smallest absolute Gasteiger partial charge is 0.329 e. The molecule has 7 N–H and O–H groups in total. The number of para-hydroxylation sites is 2. The van der Waals surface area contributed by atoms with Gasteiger partial charge in [-0.2, -0.15) is 0 Å². The quantitative estimate of drug-likeness (QED) is 0.113. The largest absolute Gasteiger partial charge is 0.481 e. The Labute approximate surface area is 252 Å². The van der Waals surface area contributed by atoms with Crippen LogP contribution >= 0.6 is 0 Å². The molecule has 0 aliphatic rings.